The monoisotopic (exact) mass is 375 g/mol. The average molecular weight is 375 g/mol. The molecule has 0 bridgehead atoms. The van der Waals surface area contributed by atoms with E-state index in [0.717, 1.165) is 11.1 Å². The molecule has 0 aromatic heterocycles. The first kappa shape index (κ1) is 19.2. The molecule has 5 N–H and O–H groups in total. The largest absolute Gasteiger partial charge is 0.394 e. The molecule has 2 aliphatic rings. The summed E-state index contributed by atoms with van der Waals surface area (Å²) < 4.78 is 1.51. The number of nitrogens with one attached hydrogen (secondary N) is 1. The summed E-state index contributed by atoms with van der Waals surface area (Å²) >= 11 is 0. The van der Waals surface area contributed by atoms with Crippen LogP contribution in [0, 0.1) is 13.8 Å². The summed E-state index contributed by atoms with van der Waals surface area (Å²) in [6.45, 7) is 2.84. The topological polar surface area (TPSA) is 149 Å². The Morgan fingerprint density at radius 2 is 1.74 bits per heavy atom. The van der Waals surface area contributed by atoms with Crippen molar-refractivity contribution in [3.05, 3.63) is 50.0 Å². The number of aromatic nitrogens is 3. The SMILES string of the molecule is Cc1cc2nc3c(=O)[nH]c(=O)cc-3n(C[C@H](O)[C@H](O)[C@H](O)CO)c2cc1C. The van der Waals surface area contributed by atoms with E-state index in [4.69, 9.17) is 5.11 Å². The highest BCUT2D eigenvalue weighted by molar-refractivity contribution is 5.81. The van der Waals surface area contributed by atoms with Gasteiger partial charge in [-0.1, -0.05) is 0 Å². The Morgan fingerprint density at radius 1 is 1.07 bits per heavy atom. The van der Waals surface area contributed by atoms with Crippen molar-refractivity contribution in [2.24, 2.45) is 0 Å². The van der Waals surface area contributed by atoms with Crippen LogP contribution in [0.3, 0.4) is 0 Å². The molecular formula is C18H21N3O6. The molecule has 0 amide bonds. The molecule has 27 heavy (non-hydrogen) atoms. The summed E-state index contributed by atoms with van der Waals surface area (Å²) in [5.74, 6) is 0. The summed E-state index contributed by atoms with van der Waals surface area (Å²) in [7, 11) is 0. The number of aliphatic hydroxyl groups is 4. The number of aryl methyl sites for hydroxylation is 2. The zero-order valence-electron chi connectivity index (χ0n) is 14.9. The van der Waals surface area contributed by atoms with Crippen LogP contribution in [-0.4, -0.2) is 59.9 Å². The second-order valence-electron chi connectivity index (χ2n) is 6.65. The predicted molar refractivity (Wildman–Crippen MR) is 97.8 cm³/mol. The van der Waals surface area contributed by atoms with Crippen LogP contribution in [0.1, 0.15) is 11.1 Å². The van der Waals surface area contributed by atoms with Crippen molar-refractivity contribution in [3.8, 4) is 11.4 Å². The van der Waals surface area contributed by atoms with E-state index in [9.17, 15) is 24.9 Å². The fraction of sp³-hybridized carbons (Fsp3) is 0.389. The van der Waals surface area contributed by atoms with E-state index < -0.39 is 36.0 Å². The molecule has 144 valence electrons. The highest BCUT2D eigenvalue weighted by Crippen LogP contribution is 2.25. The quantitative estimate of drug-likeness (QED) is 0.355. The lowest BCUT2D eigenvalue weighted by Crippen LogP contribution is -2.42. The van der Waals surface area contributed by atoms with Crippen LogP contribution < -0.4 is 11.1 Å². The van der Waals surface area contributed by atoms with Crippen LogP contribution in [-0.2, 0) is 6.54 Å². The number of rotatable bonds is 5. The summed E-state index contributed by atoms with van der Waals surface area (Å²) in [6, 6.07) is 4.79. The minimum atomic E-state index is -1.61. The number of benzene rings is 1. The number of H-pyrrole nitrogens is 1. The Kier molecular flexibility index (Phi) is 5.11. The molecule has 0 aliphatic carbocycles. The number of aromatic amines is 1. The lowest BCUT2D eigenvalue weighted by atomic mass is 10.1. The van der Waals surface area contributed by atoms with Crippen molar-refractivity contribution >= 4 is 11.0 Å². The van der Waals surface area contributed by atoms with Gasteiger partial charge in [0.1, 0.15) is 18.3 Å². The van der Waals surface area contributed by atoms with Gasteiger partial charge in [0.05, 0.1) is 29.9 Å². The molecule has 1 aromatic carbocycles. The van der Waals surface area contributed by atoms with Crippen LogP contribution in [0.15, 0.2) is 27.8 Å². The van der Waals surface area contributed by atoms with E-state index >= 15 is 0 Å². The maximum atomic E-state index is 12.2. The van der Waals surface area contributed by atoms with Crippen LogP contribution in [0.2, 0.25) is 0 Å². The van der Waals surface area contributed by atoms with Gasteiger partial charge >= 0.3 is 0 Å². The third-order valence-corrected chi connectivity index (χ3v) is 4.71. The Morgan fingerprint density at radius 3 is 2.41 bits per heavy atom. The zero-order chi connectivity index (χ0) is 19.9. The summed E-state index contributed by atoms with van der Waals surface area (Å²) in [5, 5.41) is 38.9. The summed E-state index contributed by atoms with van der Waals surface area (Å²) in [5.41, 5.74) is 1.89. The average Bonchev–Trinajstić information content (AvgIpc) is 2.62. The maximum Gasteiger partial charge on any atom is 0.278 e. The first-order valence-electron chi connectivity index (χ1n) is 8.42. The van der Waals surface area contributed by atoms with Gasteiger partial charge in [0, 0.05) is 6.07 Å². The fourth-order valence-corrected chi connectivity index (χ4v) is 3.03. The molecule has 0 spiro atoms. The molecule has 2 heterocycles. The van der Waals surface area contributed by atoms with E-state index in [-0.39, 0.29) is 17.9 Å². The molecule has 0 radical (unpaired) electrons. The second-order valence-corrected chi connectivity index (χ2v) is 6.65. The third kappa shape index (κ3) is 3.50. The summed E-state index contributed by atoms with van der Waals surface area (Å²) in [4.78, 5) is 30.5. The van der Waals surface area contributed by atoms with Crippen molar-refractivity contribution in [1.29, 1.82) is 0 Å². The standard InChI is InChI=1S/C18H21N3O6/c1-8-3-10-11(4-9(8)2)21(6-13(23)17(26)14(24)7-22)12-5-15(25)20-18(27)16(12)19-10/h3-5,13-14,17,22-24,26H,6-7H2,1-2H3,(H,20,25,27)/t13-,14+,17-/m0/s1. The van der Waals surface area contributed by atoms with Crippen LogP contribution in [0.4, 0.5) is 0 Å². The lowest BCUT2D eigenvalue weighted by molar-refractivity contribution is -0.0802. The Labute approximate surface area is 153 Å². The molecule has 0 unspecified atom stereocenters. The highest BCUT2D eigenvalue weighted by Gasteiger charge is 2.27. The van der Waals surface area contributed by atoms with Crippen molar-refractivity contribution in [1.82, 2.24) is 14.5 Å². The highest BCUT2D eigenvalue weighted by atomic mass is 16.4. The van der Waals surface area contributed by atoms with E-state index in [1.807, 2.05) is 19.9 Å². The molecular weight excluding hydrogens is 354 g/mol. The molecule has 9 nitrogen and oxygen atoms in total. The molecule has 3 rings (SSSR count). The first-order chi connectivity index (χ1) is 12.7. The van der Waals surface area contributed by atoms with Crippen LogP contribution in [0.25, 0.3) is 22.4 Å². The Hall–Kier alpha value is -2.59. The van der Waals surface area contributed by atoms with Crippen molar-refractivity contribution in [2.45, 2.75) is 38.7 Å². The van der Waals surface area contributed by atoms with Gasteiger partial charge in [-0.25, -0.2) is 4.98 Å². The maximum absolute atomic E-state index is 12.2. The molecule has 9 heteroatoms. The number of pyridine rings is 1. The van der Waals surface area contributed by atoms with Gasteiger partial charge in [0.15, 0.2) is 5.69 Å². The lowest BCUT2D eigenvalue weighted by Gasteiger charge is -2.25. The minimum absolute atomic E-state index is 0.0229. The minimum Gasteiger partial charge on any atom is -0.394 e. The van der Waals surface area contributed by atoms with Gasteiger partial charge in [-0.05, 0) is 37.1 Å². The number of hydrogen-bond donors (Lipinski definition) is 5. The van der Waals surface area contributed by atoms with Gasteiger partial charge in [-0.15, -0.1) is 0 Å². The van der Waals surface area contributed by atoms with E-state index in [2.05, 4.69) is 9.97 Å². The zero-order valence-corrected chi connectivity index (χ0v) is 14.9. The fourth-order valence-electron chi connectivity index (χ4n) is 3.03. The van der Waals surface area contributed by atoms with E-state index in [1.165, 1.54) is 10.6 Å². The number of aliphatic hydroxyl groups excluding tert-OH is 4. The van der Waals surface area contributed by atoms with Gasteiger partial charge in [0.2, 0.25) is 0 Å². The molecule has 2 aliphatic heterocycles. The molecule has 1 aromatic rings. The van der Waals surface area contributed by atoms with Gasteiger partial charge < -0.3 is 25.0 Å². The number of nitrogens with zero attached hydrogens (tertiary/aromatic N) is 2. The Balaban J connectivity index is 2.28. The van der Waals surface area contributed by atoms with E-state index in [1.54, 1.807) is 6.07 Å². The van der Waals surface area contributed by atoms with Crippen molar-refractivity contribution in [2.75, 3.05) is 6.61 Å². The molecule has 0 saturated heterocycles. The molecule has 0 saturated carbocycles. The van der Waals surface area contributed by atoms with Gasteiger partial charge in [-0.2, -0.15) is 0 Å². The van der Waals surface area contributed by atoms with Crippen LogP contribution in [0.5, 0.6) is 0 Å². The molecule has 3 atom stereocenters. The van der Waals surface area contributed by atoms with E-state index in [0.29, 0.717) is 11.0 Å². The predicted octanol–water partition coefficient (Wildman–Crippen LogP) is -1.12. The number of hydrogen-bond acceptors (Lipinski definition) is 7. The van der Waals surface area contributed by atoms with Crippen molar-refractivity contribution in [3.63, 3.8) is 0 Å². The summed E-state index contributed by atoms with van der Waals surface area (Å²) in [6.07, 6.45) is -4.59. The van der Waals surface area contributed by atoms with Gasteiger partial charge in [-0.3, -0.25) is 14.6 Å². The third-order valence-electron chi connectivity index (χ3n) is 4.71. The smallest absolute Gasteiger partial charge is 0.278 e. The van der Waals surface area contributed by atoms with Crippen molar-refractivity contribution < 1.29 is 20.4 Å². The normalized spacial score (nSPS) is 15.2. The number of fused-ring (bicyclic) bond motifs is 2. The Bertz CT molecular complexity index is 1070. The first-order valence-corrected chi connectivity index (χ1v) is 8.42. The van der Waals surface area contributed by atoms with Crippen LogP contribution >= 0.6 is 0 Å². The second kappa shape index (κ2) is 7.20. The molecule has 0 fully saturated rings. The van der Waals surface area contributed by atoms with Gasteiger partial charge in [0.25, 0.3) is 11.1 Å².